The van der Waals surface area contributed by atoms with E-state index in [0.717, 1.165) is 0 Å². The van der Waals surface area contributed by atoms with Crippen molar-refractivity contribution in [1.82, 2.24) is 0 Å². The number of nitrogens with zero attached hydrogens (tertiary/aromatic N) is 1. The summed E-state index contributed by atoms with van der Waals surface area (Å²) >= 11 is 0. The number of hydrogen-bond acceptors (Lipinski definition) is 4. The van der Waals surface area contributed by atoms with Crippen LogP contribution in [0.5, 0.6) is 11.5 Å². The Morgan fingerprint density at radius 2 is 2.05 bits per heavy atom. The lowest BCUT2D eigenvalue weighted by Crippen LogP contribution is -2.53. The molecular formula is C16H23NO4. The van der Waals surface area contributed by atoms with E-state index in [2.05, 4.69) is 13.8 Å². The quantitative estimate of drug-likeness (QED) is 0.925. The van der Waals surface area contributed by atoms with Crippen LogP contribution in [0.1, 0.15) is 33.3 Å². The predicted molar refractivity (Wildman–Crippen MR) is 80.8 cm³/mol. The van der Waals surface area contributed by atoms with Crippen LogP contribution in [0, 0.1) is 5.92 Å². The van der Waals surface area contributed by atoms with Crippen molar-refractivity contribution in [3.63, 3.8) is 0 Å². The molecule has 1 aromatic carbocycles. The fourth-order valence-corrected chi connectivity index (χ4v) is 2.47. The van der Waals surface area contributed by atoms with Gasteiger partial charge in [0.2, 0.25) is 0 Å². The Kier molecular flexibility index (Phi) is 4.14. The van der Waals surface area contributed by atoms with Gasteiger partial charge in [-0.3, -0.25) is 4.79 Å². The highest BCUT2D eigenvalue weighted by atomic mass is 16.5. The van der Waals surface area contributed by atoms with E-state index in [9.17, 15) is 9.90 Å². The number of fused-ring (bicyclic) bond motifs is 1. The van der Waals surface area contributed by atoms with Crippen molar-refractivity contribution in [3.05, 3.63) is 17.7 Å². The first kappa shape index (κ1) is 15.6. The van der Waals surface area contributed by atoms with Gasteiger partial charge in [0.15, 0.2) is 17.1 Å². The number of hydrogen-bond donors (Lipinski definition) is 1. The zero-order valence-corrected chi connectivity index (χ0v) is 13.3. The van der Waals surface area contributed by atoms with Crippen LogP contribution in [-0.2, 0) is 11.4 Å². The van der Waals surface area contributed by atoms with E-state index in [1.807, 2.05) is 0 Å². The topological polar surface area (TPSA) is 59.0 Å². The Balaban J connectivity index is 2.61. The summed E-state index contributed by atoms with van der Waals surface area (Å²) in [5, 5.41) is 9.40. The summed E-state index contributed by atoms with van der Waals surface area (Å²) in [6.45, 7) is 8.11. The lowest BCUT2D eigenvalue weighted by Gasteiger charge is -2.40. The maximum absolute atomic E-state index is 12.6. The maximum Gasteiger partial charge on any atom is 0.270 e. The third-order valence-corrected chi connectivity index (χ3v) is 3.45. The minimum atomic E-state index is -0.935. The first-order valence-electron chi connectivity index (χ1n) is 7.13. The van der Waals surface area contributed by atoms with Gasteiger partial charge in [-0.2, -0.15) is 0 Å². The number of amides is 1. The number of anilines is 1. The van der Waals surface area contributed by atoms with Crippen molar-refractivity contribution < 1.29 is 19.4 Å². The Hall–Kier alpha value is -1.75. The molecule has 21 heavy (non-hydrogen) atoms. The number of carbonyl (C=O) groups excluding carboxylic acids is 1. The third-order valence-electron chi connectivity index (χ3n) is 3.45. The fourth-order valence-electron chi connectivity index (χ4n) is 2.47. The van der Waals surface area contributed by atoms with Crippen molar-refractivity contribution in [2.45, 2.75) is 39.9 Å². The van der Waals surface area contributed by atoms with Crippen molar-refractivity contribution in [1.29, 1.82) is 0 Å². The molecule has 0 bridgehead atoms. The molecule has 0 aliphatic carbocycles. The lowest BCUT2D eigenvalue weighted by atomic mass is 10.0. The smallest absolute Gasteiger partial charge is 0.270 e. The highest BCUT2D eigenvalue weighted by molar-refractivity contribution is 6.03. The van der Waals surface area contributed by atoms with E-state index in [4.69, 9.17) is 9.47 Å². The van der Waals surface area contributed by atoms with Crippen LogP contribution in [0.4, 0.5) is 5.69 Å². The summed E-state index contributed by atoms with van der Waals surface area (Å²) in [4.78, 5) is 14.4. The first-order valence-corrected chi connectivity index (χ1v) is 7.13. The molecular weight excluding hydrogens is 270 g/mol. The molecule has 1 amide bonds. The van der Waals surface area contributed by atoms with Gasteiger partial charge in [-0.15, -0.1) is 0 Å². The highest BCUT2D eigenvalue weighted by Crippen LogP contribution is 2.45. The van der Waals surface area contributed by atoms with E-state index >= 15 is 0 Å². The van der Waals surface area contributed by atoms with Gasteiger partial charge in [0.1, 0.15) is 0 Å². The normalized spacial score (nSPS) is 16.7. The second-order valence-electron chi connectivity index (χ2n) is 6.23. The summed E-state index contributed by atoms with van der Waals surface area (Å²) in [5.41, 5.74) is 0.419. The molecule has 0 radical (unpaired) electrons. The standard InChI is InChI=1S/C16H23NO4/c1-10(2)8-17-12-6-11(9-18)7-13(20-5)14(12)21-16(3,4)15(17)19/h6-7,10,18H,8-9H2,1-5H3. The average molecular weight is 293 g/mol. The van der Waals surface area contributed by atoms with E-state index in [0.29, 0.717) is 35.2 Å². The van der Waals surface area contributed by atoms with E-state index < -0.39 is 5.60 Å². The van der Waals surface area contributed by atoms with Crippen molar-refractivity contribution >= 4 is 11.6 Å². The highest BCUT2D eigenvalue weighted by Gasteiger charge is 2.42. The summed E-state index contributed by atoms with van der Waals surface area (Å²) < 4.78 is 11.2. The SMILES string of the molecule is COc1cc(CO)cc2c1OC(C)(C)C(=O)N2CC(C)C. The van der Waals surface area contributed by atoms with Gasteiger partial charge in [0.05, 0.1) is 19.4 Å². The molecule has 5 heteroatoms. The third kappa shape index (κ3) is 2.83. The van der Waals surface area contributed by atoms with Gasteiger partial charge in [-0.05, 0) is 37.5 Å². The van der Waals surface area contributed by atoms with Crippen LogP contribution in [-0.4, -0.2) is 30.3 Å². The number of aliphatic hydroxyl groups is 1. The number of carbonyl (C=O) groups is 1. The van der Waals surface area contributed by atoms with Gasteiger partial charge in [-0.25, -0.2) is 0 Å². The molecule has 0 unspecified atom stereocenters. The Morgan fingerprint density at radius 1 is 1.38 bits per heavy atom. The second kappa shape index (κ2) is 5.56. The Bertz CT molecular complexity index is 551. The number of ether oxygens (including phenoxy) is 2. The molecule has 0 fully saturated rings. The minimum Gasteiger partial charge on any atom is -0.493 e. The van der Waals surface area contributed by atoms with Crippen LogP contribution in [0.25, 0.3) is 0 Å². The number of rotatable bonds is 4. The van der Waals surface area contributed by atoms with Crippen LogP contribution >= 0.6 is 0 Å². The Morgan fingerprint density at radius 3 is 2.57 bits per heavy atom. The molecule has 0 atom stereocenters. The molecule has 1 N–H and O–H groups in total. The van der Waals surface area contributed by atoms with E-state index in [1.54, 1.807) is 38.0 Å². The van der Waals surface area contributed by atoms with Gasteiger partial charge in [0.25, 0.3) is 5.91 Å². The molecule has 1 aromatic rings. The molecule has 0 spiro atoms. The van der Waals surface area contributed by atoms with E-state index in [1.165, 1.54) is 0 Å². The maximum atomic E-state index is 12.6. The molecule has 0 saturated carbocycles. The monoisotopic (exact) mass is 293 g/mol. The summed E-state index contributed by atoms with van der Waals surface area (Å²) in [6.07, 6.45) is 0. The van der Waals surface area contributed by atoms with Gasteiger partial charge in [0, 0.05) is 6.54 Å². The summed E-state index contributed by atoms with van der Waals surface area (Å²) in [5.74, 6) is 1.33. The fraction of sp³-hybridized carbons (Fsp3) is 0.562. The zero-order valence-electron chi connectivity index (χ0n) is 13.3. The van der Waals surface area contributed by atoms with Crippen LogP contribution < -0.4 is 14.4 Å². The van der Waals surface area contributed by atoms with Gasteiger partial charge >= 0.3 is 0 Å². The molecule has 1 heterocycles. The molecule has 0 saturated heterocycles. The lowest BCUT2D eigenvalue weighted by molar-refractivity contribution is -0.132. The van der Waals surface area contributed by atoms with Crippen molar-refractivity contribution in [2.24, 2.45) is 5.92 Å². The van der Waals surface area contributed by atoms with E-state index in [-0.39, 0.29) is 12.5 Å². The summed E-state index contributed by atoms with van der Waals surface area (Å²) in [6, 6.07) is 3.52. The molecule has 116 valence electrons. The molecule has 5 nitrogen and oxygen atoms in total. The van der Waals surface area contributed by atoms with Crippen molar-refractivity contribution in [2.75, 3.05) is 18.6 Å². The zero-order chi connectivity index (χ0) is 15.8. The largest absolute Gasteiger partial charge is 0.493 e. The average Bonchev–Trinajstić information content (AvgIpc) is 2.42. The number of benzene rings is 1. The second-order valence-corrected chi connectivity index (χ2v) is 6.23. The molecule has 1 aliphatic rings. The molecule has 2 rings (SSSR count). The Labute approximate surface area is 125 Å². The number of methoxy groups -OCH3 is 1. The van der Waals surface area contributed by atoms with Gasteiger partial charge < -0.3 is 19.5 Å². The predicted octanol–water partition coefficient (Wildman–Crippen LogP) is 2.35. The van der Waals surface area contributed by atoms with Crippen molar-refractivity contribution in [3.8, 4) is 11.5 Å². The number of aliphatic hydroxyl groups excluding tert-OH is 1. The minimum absolute atomic E-state index is 0.0826. The van der Waals surface area contributed by atoms with Crippen LogP contribution in [0.2, 0.25) is 0 Å². The van der Waals surface area contributed by atoms with Crippen LogP contribution in [0.15, 0.2) is 12.1 Å². The van der Waals surface area contributed by atoms with Crippen LogP contribution in [0.3, 0.4) is 0 Å². The molecule has 1 aliphatic heterocycles. The molecule has 0 aromatic heterocycles. The summed E-state index contributed by atoms with van der Waals surface area (Å²) in [7, 11) is 1.55. The first-order chi connectivity index (χ1) is 9.80. The van der Waals surface area contributed by atoms with Gasteiger partial charge in [-0.1, -0.05) is 13.8 Å².